The van der Waals surface area contributed by atoms with Gasteiger partial charge in [0.1, 0.15) is 0 Å². The molecular weight excluding hydrogens is 206 g/mol. The molecule has 0 bridgehead atoms. The van der Waals surface area contributed by atoms with Gasteiger partial charge in [-0.05, 0) is 0 Å². The molecule has 0 atom stereocenters. The summed E-state index contributed by atoms with van der Waals surface area (Å²) in [5.41, 5.74) is 0. The Labute approximate surface area is 83.9 Å². The molecule has 1 aliphatic rings. The lowest BCUT2D eigenvalue weighted by atomic mass is 10.6. The molecule has 82 valence electrons. The molecule has 14 heavy (non-hydrogen) atoms. The number of sulfonamides is 1. The van der Waals surface area contributed by atoms with Crippen molar-refractivity contribution in [3.05, 3.63) is 0 Å². The Bertz CT molecular complexity index is 312. The van der Waals surface area contributed by atoms with Gasteiger partial charge in [-0.15, -0.1) is 0 Å². The Morgan fingerprint density at radius 3 is 2.57 bits per heavy atom. The van der Waals surface area contributed by atoms with Crippen LogP contribution in [0.2, 0.25) is 0 Å². The van der Waals surface area contributed by atoms with E-state index in [1.807, 2.05) is 0 Å². The van der Waals surface area contributed by atoms with Crippen LogP contribution >= 0.6 is 0 Å². The van der Waals surface area contributed by atoms with E-state index in [0.29, 0.717) is 13.1 Å². The Morgan fingerprint density at radius 2 is 2.14 bits per heavy atom. The number of carbonyl (C=O) groups excluding carboxylic acids is 1. The third-order valence-corrected chi connectivity index (χ3v) is 3.93. The lowest BCUT2D eigenvalue weighted by Gasteiger charge is -2.16. The summed E-state index contributed by atoms with van der Waals surface area (Å²) in [4.78, 5) is 12.6. The van der Waals surface area contributed by atoms with E-state index in [-0.39, 0.29) is 18.3 Å². The van der Waals surface area contributed by atoms with Gasteiger partial charge in [-0.25, -0.2) is 17.5 Å². The van der Waals surface area contributed by atoms with Gasteiger partial charge in [0.15, 0.2) is 0 Å². The van der Waals surface area contributed by atoms with Crippen molar-refractivity contribution < 1.29 is 13.2 Å². The lowest BCUT2D eigenvalue weighted by Crippen LogP contribution is -2.35. The van der Waals surface area contributed by atoms with Crippen molar-refractivity contribution in [3.63, 3.8) is 0 Å². The van der Waals surface area contributed by atoms with Crippen LogP contribution in [0.5, 0.6) is 0 Å². The molecule has 2 amide bonds. The molecule has 6 nitrogen and oxygen atoms in total. The second-order valence-electron chi connectivity index (χ2n) is 3.32. The Balaban J connectivity index is 2.44. The van der Waals surface area contributed by atoms with Crippen molar-refractivity contribution in [2.45, 2.75) is 0 Å². The first-order valence-electron chi connectivity index (χ1n) is 4.36. The zero-order valence-corrected chi connectivity index (χ0v) is 9.17. The molecule has 1 saturated heterocycles. The van der Waals surface area contributed by atoms with Gasteiger partial charge in [-0.2, -0.15) is 0 Å². The van der Waals surface area contributed by atoms with Crippen LogP contribution < -0.4 is 5.32 Å². The molecule has 0 spiro atoms. The molecule has 1 heterocycles. The lowest BCUT2D eigenvalue weighted by molar-refractivity contribution is 0.220. The van der Waals surface area contributed by atoms with Crippen molar-refractivity contribution in [1.82, 2.24) is 14.5 Å². The van der Waals surface area contributed by atoms with Crippen molar-refractivity contribution in [2.24, 2.45) is 0 Å². The fourth-order valence-corrected chi connectivity index (χ4v) is 1.95. The van der Waals surface area contributed by atoms with E-state index >= 15 is 0 Å². The summed E-state index contributed by atoms with van der Waals surface area (Å²) in [7, 11) is -0.226. The van der Waals surface area contributed by atoms with Gasteiger partial charge >= 0.3 is 6.03 Å². The predicted molar refractivity (Wildman–Crippen MR) is 52.4 cm³/mol. The van der Waals surface area contributed by atoms with Crippen LogP contribution in [-0.2, 0) is 10.0 Å². The number of hydrogen-bond acceptors (Lipinski definition) is 3. The van der Waals surface area contributed by atoms with Gasteiger partial charge in [-0.1, -0.05) is 0 Å². The van der Waals surface area contributed by atoms with E-state index in [1.165, 1.54) is 23.3 Å². The molecule has 0 unspecified atom stereocenters. The van der Waals surface area contributed by atoms with E-state index in [9.17, 15) is 13.2 Å². The SMILES string of the molecule is CN(C)S(=O)(=O)CCN1CCNC1=O. The van der Waals surface area contributed by atoms with Crippen LogP contribution in [0.25, 0.3) is 0 Å². The average molecular weight is 221 g/mol. The zero-order chi connectivity index (χ0) is 10.8. The van der Waals surface area contributed by atoms with Gasteiger partial charge in [-0.3, -0.25) is 0 Å². The van der Waals surface area contributed by atoms with Crippen molar-refractivity contribution in [2.75, 3.05) is 39.5 Å². The van der Waals surface area contributed by atoms with Gasteiger partial charge < -0.3 is 10.2 Å². The molecular formula is C7H15N3O3S. The van der Waals surface area contributed by atoms with Crippen LogP contribution in [0.15, 0.2) is 0 Å². The molecule has 0 aliphatic carbocycles. The molecule has 0 saturated carbocycles. The van der Waals surface area contributed by atoms with Gasteiger partial charge in [0.25, 0.3) is 0 Å². The Morgan fingerprint density at radius 1 is 1.50 bits per heavy atom. The molecule has 0 aromatic rings. The smallest absolute Gasteiger partial charge is 0.317 e. The van der Waals surface area contributed by atoms with Gasteiger partial charge in [0.05, 0.1) is 5.75 Å². The first-order chi connectivity index (χ1) is 6.43. The summed E-state index contributed by atoms with van der Waals surface area (Å²) < 4.78 is 23.9. The molecule has 1 rings (SSSR count). The summed E-state index contributed by atoms with van der Waals surface area (Å²) in [5.74, 6) is -0.0204. The number of nitrogens with one attached hydrogen (secondary N) is 1. The molecule has 1 aliphatic heterocycles. The number of rotatable bonds is 4. The highest BCUT2D eigenvalue weighted by atomic mass is 32.2. The summed E-state index contributed by atoms with van der Waals surface area (Å²) >= 11 is 0. The van der Waals surface area contributed by atoms with Gasteiger partial charge in [0.2, 0.25) is 10.0 Å². The van der Waals surface area contributed by atoms with Crippen LogP contribution in [0, 0.1) is 0 Å². The van der Waals surface area contributed by atoms with E-state index in [4.69, 9.17) is 0 Å². The summed E-state index contributed by atoms with van der Waals surface area (Å²) in [6.07, 6.45) is 0. The Hall–Kier alpha value is -0.820. The van der Waals surface area contributed by atoms with E-state index in [0.717, 1.165) is 0 Å². The van der Waals surface area contributed by atoms with Crippen LogP contribution in [0.3, 0.4) is 0 Å². The molecule has 0 aromatic heterocycles. The predicted octanol–water partition coefficient (Wildman–Crippen LogP) is -1.10. The molecule has 1 fully saturated rings. The number of amides is 2. The zero-order valence-electron chi connectivity index (χ0n) is 8.36. The number of urea groups is 1. The third-order valence-electron chi connectivity index (χ3n) is 2.12. The number of nitrogens with zero attached hydrogens (tertiary/aromatic N) is 2. The minimum absolute atomic E-state index is 0.0204. The van der Waals surface area contributed by atoms with Crippen LogP contribution in [0.1, 0.15) is 0 Å². The van der Waals surface area contributed by atoms with Gasteiger partial charge in [0, 0.05) is 33.7 Å². The standard InChI is InChI=1S/C7H15N3O3S/c1-9(2)14(12,13)6-5-10-4-3-8-7(10)11/h3-6H2,1-2H3,(H,8,11). The van der Waals surface area contributed by atoms with Crippen molar-refractivity contribution in [3.8, 4) is 0 Å². The van der Waals surface area contributed by atoms with Crippen molar-refractivity contribution in [1.29, 1.82) is 0 Å². The second-order valence-corrected chi connectivity index (χ2v) is 5.62. The normalized spacial score (nSPS) is 17.6. The maximum Gasteiger partial charge on any atom is 0.317 e. The van der Waals surface area contributed by atoms with E-state index < -0.39 is 10.0 Å². The average Bonchev–Trinajstić information content (AvgIpc) is 2.47. The van der Waals surface area contributed by atoms with Crippen LogP contribution in [-0.4, -0.2) is 63.1 Å². The van der Waals surface area contributed by atoms with E-state index in [2.05, 4.69) is 5.32 Å². The summed E-state index contributed by atoms with van der Waals surface area (Å²) in [6, 6.07) is -0.182. The largest absolute Gasteiger partial charge is 0.336 e. The maximum absolute atomic E-state index is 11.4. The highest BCUT2D eigenvalue weighted by Crippen LogP contribution is 2.00. The first-order valence-corrected chi connectivity index (χ1v) is 5.97. The molecule has 7 heteroatoms. The molecule has 0 radical (unpaired) electrons. The minimum atomic E-state index is -3.20. The van der Waals surface area contributed by atoms with Crippen LogP contribution in [0.4, 0.5) is 4.79 Å². The highest BCUT2D eigenvalue weighted by molar-refractivity contribution is 7.89. The fraction of sp³-hybridized carbons (Fsp3) is 0.857. The first kappa shape index (κ1) is 11.3. The molecule has 1 N–H and O–H groups in total. The number of carbonyl (C=O) groups is 1. The van der Waals surface area contributed by atoms with Crippen molar-refractivity contribution >= 4 is 16.1 Å². The third kappa shape index (κ3) is 2.58. The molecule has 0 aromatic carbocycles. The van der Waals surface area contributed by atoms with E-state index in [1.54, 1.807) is 0 Å². The number of hydrogen-bond donors (Lipinski definition) is 1. The monoisotopic (exact) mass is 221 g/mol. The highest BCUT2D eigenvalue weighted by Gasteiger charge is 2.22. The topological polar surface area (TPSA) is 69.7 Å². The quantitative estimate of drug-likeness (QED) is 0.655. The maximum atomic E-state index is 11.4. The second kappa shape index (κ2) is 4.14. The fourth-order valence-electron chi connectivity index (χ4n) is 1.13. The Kier molecular flexibility index (Phi) is 3.33. The summed E-state index contributed by atoms with van der Waals surface area (Å²) in [6.45, 7) is 1.44. The minimum Gasteiger partial charge on any atom is -0.336 e. The summed E-state index contributed by atoms with van der Waals surface area (Å²) in [5, 5.41) is 2.61.